The Morgan fingerprint density at radius 2 is 2.06 bits per heavy atom. The zero-order valence-electron chi connectivity index (χ0n) is 8.96. The van der Waals surface area contributed by atoms with Gasteiger partial charge in [-0.2, -0.15) is 0 Å². The summed E-state index contributed by atoms with van der Waals surface area (Å²) in [4.78, 5) is 4.14. The van der Waals surface area contributed by atoms with E-state index in [9.17, 15) is 4.39 Å². The van der Waals surface area contributed by atoms with E-state index < -0.39 is 5.82 Å². The van der Waals surface area contributed by atoms with Crippen molar-refractivity contribution in [2.45, 2.75) is 13.8 Å². The largest absolute Gasteiger partial charge is 0.397 e. The number of anilines is 1. The summed E-state index contributed by atoms with van der Waals surface area (Å²) in [5.41, 5.74) is 8.59. The quantitative estimate of drug-likeness (QED) is 0.778. The van der Waals surface area contributed by atoms with E-state index >= 15 is 0 Å². The summed E-state index contributed by atoms with van der Waals surface area (Å²) in [5.74, 6) is -0.489. The van der Waals surface area contributed by atoms with Gasteiger partial charge in [0.15, 0.2) is 0 Å². The summed E-state index contributed by atoms with van der Waals surface area (Å²) in [5, 5.41) is 0.0238. The van der Waals surface area contributed by atoms with Gasteiger partial charge in [-0.25, -0.2) is 9.37 Å². The first-order valence-electron chi connectivity index (χ1n) is 4.76. The van der Waals surface area contributed by atoms with Gasteiger partial charge in [0.2, 0.25) is 0 Å². The zero-order valence-corrected chi connectivity index (χ0v) is 9.72. The number of imidazole rings is 1. The van der Waals surface area contributed by atoms with Crippen LogP contribution in [0.2, 0.25) is 5.02 Å². The molecule has 2 N–H and O–H groups in total. The number of benzene rings is 1. The number of halogens is 2. The topological polar surface area (TPSA) is 43.8 Å². The van der Waals surface area contributed by atoms with Crippen molar-refractivity contribution >= 4 is 17.3 Å². The Bertz CT molecular complexity index is 548. The van der Waals surface area contributed by atoms with Crippen LogP contribution in [0.1, 0.15) is 11.4 Å². The van der Waals surface area contributed by atoms with Crippen molar-refractivity contribution in [1.29, 1.82) is 0 Å². The van der Waals surface area contributed by atoms with E-state index in [1.54, 1.807) is 10.9 Å². The summed E-state index contributed by atoms with van der Waals surface area (Å²) in [6.07, 6.45) is 1.61. The molecule has 0 aliphatic carbocycles. The molecule has 0 bridgehead atoms. The van der Waals surface area contributed by atoms with E-state index in [1.807, 2.05) is 13.8 Å². The lowest BCUT2D eigenvalue weighted by Crippen LogP contribution is -2.01. The van der Waals surface area contributed by atoms with Crippen molar-refractivity contribution in [1.82, 2.24) is 9.55 Å². The molecule has 16 heavy (non-hydrogen) atoms. The Morgan fingerprint density at radius 3 is 2.62 bits per heavy atom. The Hall–Kier alpha value is -1.55. The first-order valence-corrected chi connectivity index (χ1v) is 5.14. The molecule has 0 fully saturated rings. The third kappa shape index (κ3) is 1.65. The average molecular weight is 240 g/mol. The van der Waals surface area contributed by atoms with Gasteiger partial charge in [-0.15, -0.1) is 0 Å². The fraction of sp³-hybridized carbons (Fsp3) is 0.182. The lowest BCUT2D eigenvalue weighted by Gasteiger charge is -2.09. The number of hydrogen-bond acceptors (Lipinski definition) is 2. The Kier molecular flexibility index (Phi) is 2.59. The molecule has 0 saturated carbocycles. The first kappa shape index (κ1) is 11.0. The standard InChI is InChI=1S/C11H11ClFN3/c1-6-7(2)16(5-15-6)11-4-9(13)8(12)3-10(11)14/h3-5H,14H2,1-2H3. The number of aromatic nitrogens is 2. The van der Waals surface area contributed by atoms with E-state index in [4.69, 9.17) is 17.3 Å². The van der Waals surface area contributed by atoms with Crippen LogP contribution in [0.15, 0.2) is 18.5 Å². The minimum Gasteiger partial charge on any atom is -0.397 e. The molecule has 0 amide bonds. The van der Waals surface area contributed by atoms with Crippen molar-refractivity contribution in [2.24, 2.45) is 0 Å². The number of nitrogens with two attached hydrogens (primary N) is 1. The highest BCUT2D eigenvalue weighted by Crippen LogP contribution is 2.26. The number of nitrogen functional groups attached to an aromatic ring is 1. The average Bonchev–Trinajstić information content (AvgIpc) is 2.54. The van der Waals surface area contributed by atoms with Crippen LogP contribution >= 0.6 is 11.6 Å². The molecule has 0 unspecified atom stereocenters. The molecule has 3 nitrogen and oxygen atoms in total. The van der Waals surface area contributed by atoms with Gasteiger partial charge in [0.05, 0.1) is 28.4 Å². The van der Waals surface area contributed by atoms with Gasteiger partial charge < -0.3 is 10.3 Å². The molecule has 0 radical (unpaired) electrons. The maximum absolute atomic E-state index is 13.4. The molecule has 2 aromatic rings. The molecular formula is C11H11ClFN3. The number of hydrogen-bond donors (Lipinski definition) is 1. The minimum atomic E-state index is -0.489. The van der Waals surface area contributed by atoms with Crippen LogP contribution in [0.25, 0.3) is 5.69 Å². The highest BCUT2D eigenvalue weighted by Gasteiger charge is 2.11. The zero-order chi connectivity index (χ0) is 11.9. The molecular weight excluding hydrogens is 229 g/mol. The maximum Gasteiger partial charge on any atom is 0.144 e. The second-order valence-corrected chi connectivity index (χ2v) is 4.02. The van der Waals surface area contributed by atoms with Crippen LogP contribution in [0.5, 0.6) is 0 Å². The number of nitrogens with zero attached hydrogens (tertiary/aromatic N) is 2. The van der Waals surface area contributed by atoms with Crippen LogP contribution < -0.4 is 5.73 Å². The van der Waals surface area contributed by atoms with Gasteiger partial charge in [0, 0.05) is 11.8 Å². The molecule has 1 aromatic carbocycles. The van der Waals surface area contributed by atoms with Gasteiger partial charge in [0.25, 0.3) is 0 Å². The molecule has 0 aliphatic rings. The van der Waals surface area contributed by atoms with Crippen molar-refractivity contribution in [3.05, 3.63) is 40.7 Å². The maximum atomic E-state index is 13.4. The van der Waals surface area contributed by atoms with E-state index in [0.717, 1.165) is 11.4 Å². The third-order valence-electron chi connectivity index (χ3n) is 2.58. The van der Waals surface area contributed by atoms with Gasteiger partial charge in [-0.1, -0.05) is 11.6 Å². The highest BCUT2D eigenvalue weighted by atomic mass is 35.5. The smallest absolute Gasteiger partial charge is 0.144 e. The SMILES string of the molecule is Cc1ncn(-c2cc(F)c(Cl)cc2N)c1C. The first-order chi connectivity index (χ1) is 7.50. The van der Waals surface area contributed by atoms with Crippen LogP contribution in [0.4, 0.5) is 10.1 Å². The van der Waals surface area contributed by atoms with Crippen LogP contribution in [-0.2, 0) is 0 Å². The van der Waals surface area contributed by atoms with Crippen LogP contribution in [-0.4, -0.2) is 9.55 Å². The number of rotatable bonds is 1. The summed E-state index contributed by atoms with van der Waals surface area (Å²) in [7, 11) is 0. The predicted octanol–water partition coefficient (Wildman–Crippen LogP) is 2.86. The van der Waals surface area contributed by atoms with Crippen molar-refractivity contribution < 1.29 is 4.39 Å². The highest BCUT2D eigenvalue weighted by molar-refractivity contribution is 6.31. The minimum absolute atomic E-state index is 0.0238. The van der Waals surface area contributed by atoms with Crippen molar-refractivity contribution in [2.75, 3.05) is 5.73 Å². The normalized spacial score (nSPS) is 10.8. The van der Waals surface area contributed by atoms with E-state index in [-0.39, 0.29) is 5.02 Å². The lowest BCUT2D eigenvalue weighted by atomic mass is 10.2. The van der Waals surface area contributed by atoms with Gasteiger partial charge >= 0.3 is 0 Å². The van der Waals surface area contributed by atoms with Crippen molar-refractivity contribution in [3.8, 4) is 5.69 Å². The summed E-state index contributed by atoms with van der Waals surface area (Å²) in [6, 6.07) is 2.72. The molecule has 2 rings (SSSR count). The third-order valence-corrected chi connectivity index (χ3v) is 2.87. The molecule has 5 heteroatoms. The molecule has 0 aliphatic heterocycles. The van der Waals surface area contributed by atoms with Gasteiger partial charge in [-0.05, 0) is 19.9 Å². The van der Waals surface area contributed by atoms with Crippen LogP contribution in [0, 0.1) is 19.7 Å². The second-order valence-electron chi connectivity index (χ2n) is 3.61. The summed E-state index contributed by atoms with van der Waals surface area (Å²) in [6.45, 7) is 3.78. The van der Waals surface area contributed by atoms with E-state index in [2.05, 4.69) is 4.98 Å². The van der Waals surface area contributed by atoms with E-state index in [0.29, 0.717) is 11.4 Å². The lowest BCUT2D eigenvalue weighted by molar-refractivity contribution is 0.627. The Labute approximate surface area is 97.7 Å². The summed E-state index contributed by atoms with van der Waals surface area (Å²) >= 11 is 5.64. The Balaban J connectivity index is 2.65. The predicted molar refractivity (Wildman–Crippen MR) is 62.4 cm³/mol. The van der Waals surface area contributed by atoms with Gasteiger partial charge in [0.1, 0.15) is 5.82 Å². The molecule has 1 aromatic heterocycles. The molecule has 0 atom stereocenters. The fourth-order valence-corrected chi connectivity index (χ4v) is 1.67. The Morgan fingerprint density at radius 1 is 1.38 bits per heavy atom. The van der Waals surface area contributed by atoms with Gasteiger partial charge in [-0.3, -0.25) is 0 Å². The van der Waals surface area contributed by atoms with Crippen LogP contribution in [0.3, 0.4) is 0 Å². The molecule has 0 saturated heterocycles. The van der Waals surface area contributed by atoms with E-state index in [1.165, 1.54) is 12.1 Å². The summed E-state index contributed by atoms with van der Waals surface area (Å²) < 4.78 is 15.1. The molecule has 0 spiro atoms. The monoisotopic (exact) mass is 239 g/mol. The second kappa shape index (κ2) is 3.79. The fourth-order valence-electron chi connectivity index (χ4n) is 1.50. The molecule has 84 valence electrons. The van der Waals surface area contributed by atoms with Crippen molar-refractivity contribution in [3.63, 3.8) is 0 Å². The number of aryl methyl sites for hydroxylation is 1. The molecule has 1 heterocycles.